The molecule has 1 aromatic heterocycles. The molecule has 1 saturated heterocycles. The average Bonchev–Trinajstić information content (AvgIpc) is 3.03. The standard InChI is InChI=1S/C21H24N4O/c1-23-11-13-24(14-12-23)22-21(26)16-25-19-10-6-5-9-18(19)15-20(25)17-7-3-2-4-8-17/h2-10,15H,11-14,16H2,1H3,(H,22,26)/p+1. The number of amides is 1. The minimum Gasteiger partial charge on any atom is -0.335 e. The first kappa shape index (κ1) is 16.8. The Morgan fingerprint density at radius 2 is 1.73 bits per heavy atom. The van der Waals surface area contributed by atoms with Gasteiger partial charge in [-0.05, 0) is 17.7 Å². The molecule has 2 N–H and O–H groups in total. The van der Waals surface area contributed by atoms with Gasteiger partial charge in [0, 0.05) is 16.6 Å². The van der Waals surface area contributed by atoms with E-state index in [1.54, 1.807) is 0 Å². The molecule has 1 aliphatic heterocycles. The normalized spacial score (nSPS) is 16.0. The van der Waals surface area contributed by atoms with Crippen LogP contribution in [0.4, 0.5) is 0 Å². The molecule has 1 fully saturated rings. The highest BCUT2D eigenvalue weighted by molar-refractivity contribution is 5.89. The van der Waals surface area contributed by atoms with E-state index >= 15 is 0 Å². The number of benzene rings is 2. The zero-order valence-electron chi connectivity index (χ0n) is 15.1. The number of fused-ring (bicyclic) bond motifs is 1. The van der Waals surface area contributed by atoms with E-state index in [1.165, 1.54) is 4.90 Å². The third-order valence-corrected chi connectivity index (χ3v) is 5.08. The lowest BCUT2D eigenvalue weighted by atomic mass is 10.1. The quantitative estimate of drug-likeness (QED) is 0.743. The number of nitrogens with zero attached hydrogens (tertiary/aromatic N) is 2. The van der Waals surface area contributed by atoms with Crippen LogP contribution in [0.5, 0.6) is 0 Å². The van der Waals surface area contributed by atoms with Crippen molar-refractivity contribution in [1.82, 2.24) is 15.0 Å². The Morgan fingerprint density at radius 1 is 1.04 bits per heavy atom. The minimum absolute atomic E-state index is 0.0306. The Hall–Kier alpha value is -2.63. The van der Waals surface area contributed by atoms with Crippen LogP contribution in [-0.4, -0.2) is 48.7 Å². The molecule has 26 heavy (non-hydrogen) atoms. The molecular weight excluding hydrogens is 324 g/mol. The number of hydrogen-bond acceptors (Lipinski definition) is 2. The number of para-hydroxylation sites is 1. The van der Waals surface area contributed by atoms with Crippen molar-refractivity contribution in [3.05, 3.63) is 60.7 Å². The summed E-state index contributed by atoms with van der Waals surface area (Å²) >= 11 is 0. The van der Waals surface area contributed by atoms with Crippen LogP contribution in [0.2, 0.25) is 0 Å². The minimum atomic E-state index is 0.0306. The molecule has 3 aromatic rings. The van der Waals surface area contributed by atoms with Gasteiger partial charge in [-0.3, -0.25) is 10.2 Å². The SMILES string of the molecule is C[NH+]1CCN(NC(=O)Cn2c(-c3ccccc3)cc3ccccc32)CC1. The molecule has 0 unspecified atom stereocenters. The number of quaternary nitrogens is 1. The zero-order chi connectivity index (χ0) is 17.9. The fourth-order valence-corrected chi connectivity index (χ4v) is 3.58. The Balaban J connectivity index is 1.60. The van der Waals surface area contributed by atoms with Crippen LogP contribution in [-0.2, 0) is 11.3 Å². The smallest absolute Gasteiger partial charge is 0.254 e. The highest BCUT2D eigenvalue weighted by Crippen LogP contribution is 2.28. The molecule has 0 aliphatic carbocycles. The number of carbonyl (C=O) groups is 1. The number of piperazine rings is 1. The molecule has 4 rings (SSSR count). The summed E-state index contributed by atoms with van der Waals surface area (Å²) in [6.07, 6.45) is 0. The van der Waals surface area contributed by atoms with Crippen molar-refractivity contribution in [2.45, 2.75) is 6.54 Å². The molecule has 5 heteroatoms. The van der Waals surface area contributed by atoms with Crippen molar-refractivity contribution in [1.29, 1.82) is 0 Å². The maximum atomic E-state index is 12.7. The molecule has 5 nitrogen and oxygen atoms in total. The number of hydrogen-bond donors (Lipinski definition) is 2. The molecule has 0 radical (unpaired) electrons. The maximum Gasteiger partial charge on any atom is 0.254 e. The van der Waals surface area contributed by atoms with Crippen LogP contribution >= 0.6 is 0 Å². The van der Waals surface area contributed by atoms with Gasteiger partial charge in [0.2, 0.25) is 0 Å². The molecule has 1 aliphatic rings. The van der Waals surface area contributed by atoms with E-state index < -0.39 is 0 Å². The van der Waals surface area contributed by atoms with Gasteiger partial charge in [-0.15, -0.1) is 0 Å². The predicted molar refractivity (Wildman–Crippen MR) is 104 cm³/mol. The lowest BCUT2D eigenvalue weighted by Gasteiger charge is -2.30. The second kappa shape index (κ2) is 7.32. The number of rotatable bonds is 4. The Bertz CT molecular complexity index is 895. The summed E-state index contributed by atoms with van der Waals surface area (Å²) in [6.45, 7) is 4.23. The van der Waals surface area contributed by atoms with Gasteiger partial charge in [0.05, 0.1) is 33.2 Å². The van der Waals surface area contributed by atoms with Crippen LogP contribution in [0.15, 0.2) is 60.7 Å². The molecule has 0 saturated carbocycles. The van der Waals surface area contributed by atoms with Crippen LogP contribution in [0.3, 0.4) is 0 Å². The first-order valence-corrected chi connectivity index (χ1v) is 9.20. The molecule has 1 amide bonds. The lowest BCUT2D eigenvalue weighted by molar-refractivity contribution is -0.884. The number of hydrazine groups is 1. The van der Waals surface area contributed by atoms with E-state index in [2.05, 4.69) is 47.4 Å². The predicted octanol–water partition coefficient (Wildman–Crippen LogP) is 1.17. The Morgan fingerprint density at radius 3 is 2.50 bits per heavy atom. The Labute approximate surface area is 153 Å². The van der Waals surface area contributed by atoms with E-state index in [4.69, 9.17) is 0 Å². The molecule has 134 valence electrons. The average molecular weight is 349 g/mol. The summed E-state index contributed by atoms with van der Waals surface area (Å²) in [5, 5.41) is 3.20. The van der Waals surface area contributed by atoms with Crippen LogP contribution in [0, 0.1) is 0 Å². The van der Waals surface area contributed by atoms with Gasteiger partial charge in [-0.2, -0.15) is 0 Å². The van der Waals surface area contributed by atoms with Crippen molar-refractivity contribution in [2.75, 3.05) is 33.2 Å². The maximum absolute atomic E-state index is 12.7. The van der Waals surface area contributed by atoms with Gasteiger partial charge < -0.3 is 9.47 Å². The van der Waals surface area contributed by atoms with Gasteiger partial charge in [-0.1, -0.05) is 48.5 Å². The van der Waals surface area contributed by atoms with Gasteiger partial charge in [-0.25, -0.2) is 5.01 Å². The van der Waals surface area contributed by atoms with Crippen LogP contribution in [0.25, 0.3) is 22.2 Å². The van der Waals surface area contributed by atoms with Gasteiger partial charge in [0.1, 0.15) is 6.54 Å². The van der Waals surface area contributed by atoms with Gasteiger partial charge in [0.25, 0.3) is 5.91 Å². The van der Waals surface area contributed by atoms with E-state index in [1.807, 2.05) is 35.3 Å². The lowest BCUT2D eigenvalue weighted by Crippen LogP contribution is -3.12. The van der Waals surface area contributed by atoms with E-state index in [-0.39, 0.29) is 5.91 Å². The summed E-state index contributed by atoms with van der Waals surface area (Å²) in [4.78, 5) is 14.2. The first-order chi connectivity index (χ1) is 12.7. The van der Waals surface area contributed by atoms with E-state index in [0.29, 0.717) is 6.54 Å². The van der Waals surface area contributed by atoms with Gasteiger partial charge in [0.15, 0.2) is 0 Å². The molecule has 2 aromatic carbocycles. The first-order valence-electron chi connectivity index (χ1n) is 9.20. The number of nitrogens with one attached hydrogen (secondary N) is 2. The van der Waals surface area contributed by atoms with Crippen molar-refractivity contribution >= 4 is 16.8 Å². The number of carbonyl (C=O) groups excluding carboxylic acids is 1. The summed E-state index contributed by atoms with van der Waals surface area (Å²) in [6, 6.07) is 20.7. The molecular formula is C21H25N4O+. The summed E-state index contributed by atoms with van der Waals surface area (Å²) in [5.41, 5.74) is 6.37. The van der Waals surface area contributed by atoms with Crippen LogP contribution < -0.4 is 10.3 Å². The fraction of sp³-hybridized carbons (Fsp3) is 0.286. The third kappa shape index (κ3) is 3.49. The van der Waals surface area contributed by atoms with E-state index in [9.17, 15) is 4.79 Å². The van der Waals surface area contributed by atoms with Crippen molar-refractivity contribution in [2.24, 2.45) is 0 Å². The fourth-order valence-electron chi connectivity index (χ4n) is 3.58. The summed E-state index contributed by atoms with van der Waals surface area (Å²) in [5.74, 6) is 0.0306. The highest BCUT2D eigenvalue weighted by atomic mass is 16.2. The van der Waals surface area contributed by atoms with Crippen molar-refractivity contribution in [3.8, 4) is 11.3 Å². The topological polar surface area (TPSA) is 41.7 Å². The molecule has 2 heterocycles. The van der Waals surface area contributed by atoms with E-state index in [0.717, 1.165) is 48.3 Å². The molecule has 0 bridgehead atoms. The highest BCUT2D eigenvalue weighted by Gasteiger charge is 2.19. The number of likely N-dealkylation sites (N-methyl/N-ethyl adjacent to an activating group) is 1. The largest absolute Gasteiger partial charge is 0.335 e. The van der Waals surface area contributed by atoms with Crippen molar-refractivity contribution in [3.63, 3.8) is 0 Å². The monoisotopic (exact) mass is 349 g/mol. The van der Waals surface area contributed by atoms with Gasteiger partial charge >= 0.3 is 0 Å². The zero-order valence-corrected chi connectivity index (χ0v) is 15.1. The Kier molecular flexibility index (Phi) is 4.73. The second-order valence-electron chi connectivity index (χ2n) is 7.02. The summed E-state index contributed by atoms with van der Waals surface area (Å²) in [7, 11) is 2.19. The summed E-state index contributed by atoms with van der Waals surface area (Å²) < 4.78 is 2.11. The van der Waals surface area contributed by atoms with Crippen molar-refractivity contribution < 1.29 is 9.69 Å². The van der Waals surface area contributed by atoms with Crippen LogP contribution in [0.1, 0.15) is 0 Å². The number of aromatic nitrogens is 1. The second-order valence-corrected chi connectivity index (χ2v) is 7.02. The molecule has 0 atom stereocenters. The molecule has 0 spiro atoms. The third-order valence-electron chi connectivity index (χ3n) is 5.08.